The van der Waals surface area contributed by atoms with Crippen molar-refractivity contribution in [1.82, 2.24) is 15.1 Å². The third-order valence-electron chi connectivity index (χ3n) is 4.48. The fraction of sp³-hybridized carbons (Fsp3) is 0.421. The normalized spacial score (nSPS) is 15.7. The Morgan fingerprint density at radius 2 is 1.79 bits per heavy atom. The van der Waals surface area contributed by atoms with E-state index >= 15 is 0 Å². The second-order valence-electron chi connectivity index (χ2n) is 6.56. The van der Waals surface area contributed by atoms with E-state index in [1.54, 1.807) is 23.5 Å². The van der Waals surface area contributed by atoms with Crippen molar-refractivity contribution in [2.45, 2.75) is 19.7 Å². The number of amides is 1. The summed E-state index contributed by atoms with van der Waals surface area (Å²) in [6, 6.07) is 10.5. The van der Waals surface area contributed by atoms with Gasteiger partial charge in [-0.15, -0.1) is 11.3 Å². The number of halogens is 3. The van der Waals surface area contributed by atoms with Gasteiger partial charge in [-0.3, -0.25) is 14.6 Å². The van der Waals surface area contributed by atoms with Crippen molar-refractivity contribution in [3.05, 3.63) is 50.6 Å². The average Bonchev–Trinajstić information content (AvgIpc) is 3.07. The molecule has 152 valence electrons. The largest absolute Gasteiger partial charge is 0.435 e. The predicted octanol–water partition coefficient (Wildman–Crippen LogP) is 3.55. The van der Waals surface area contributed by atoms with Crippen LogP contribution in [0.2, 0.25) is 0 Å². The van der Waals surface area contributed by atoms with E-state index in [4.69, 9.17) is 0 Å². The van der Waals surface area contributed by atoms with Gasteiger partial charge >= 0.3 is 6.61 Å². The van der Waals surface area contributed by atoms with E-state index in [1.165, 1.54) is 17.0 Å². The summed E-state index contributed by atoms with van der Waals surface area (Å²) in [6.45, 7) is 2.44. The molecule has 9 heteroatoms. The highest BCUT2D eigenvalue weighted by Crippen LogP contribution is 2.23. The Hall–Kier alpha value is -1.55. The van der Waals surface area contributed by atoms with E-state index in [0.717, 1.165) is 42.1 Å². The van der Waals surface area contributed by atoms with Crippen LogP contribution in [0, 0.1) is 0 Å². The molecule has 3 rings (SSSR count). The first-order valence-electron chi connectivity index (χ1n) is 8.97. The zero-order valence-electron chi connectivity index (χ0n) is 15.2. The van der Waals surface area contributed by atoms with Crippen LogP contribution in [0.3, 0.4) is 0 Å². The number of carbonyl (C=O) groups excluding carboxylic acids is 1. The molecule has 1 amide bonds. The van der Waals surface area contributed by atoms with Crippen LogP contribution >= 0.6 is 27.3 Å². The minimum Gasteiger partial charge on any atom is -0.435 e. The lowest BCUT2D eigenvalue weighted by Gasteiger charge is -2.34. The summed E-state index contributed by atoms with van der Waals surface area (Å²) in [6.07, 6.45) is 0. The first-order chi connectivity index (χ1) is 13.5. The molecule has 0 unspecified atom stereocenters. The monoisotopic (exact) mass is 473 g/mol. The van der Waals surface area contributed by atoms with Crippen LogP contribution < -0.4 is 10.1 Å². The lowest BCUT2D eigenvalue weighted by Crippen LogP contribution is -2.48. The molecule has 0 spiro atoms. The van der Waals surface area contributed by atoms with E-state index in [9.17, 15) is 13.6 Å². The maximum absolute atomic E-state index is 12.2. The molecule has 28 heavy (non-hydrogen) atoms. The molecular weight excluding hydrogens is 452 g/mol. The van der Waals surface area contributed by atoms with Crippen LogP contribution in [0.25, 0.3) is 0 Å². The molecule has 0 radical (unpaired) electrons. The van der Waals surface area contributed by atoms with E-state index in [2.05, 4.69) is 47.9 Å². The van der Waals surface area contributed by atoms with Crippen molar-refractivity contribution >= 4 is 33.2 Å². The Bertz CT molecular complexity index is 765. The molecule has 1 aliphatic rings. The summed E-state index contributed by atoms with van der Waals surface area (Å²) in [5.41, 5.74) is 0.835. The Morgan fingerprint density at radius 3 is 2.39 bits per heavy atom. The number of hydrogen-bond acceptors (Lipinski definition) is 5. The topological polar surface area (TPSA) is 44.8 Å². The number of benzene rings is 1. The average molecular weight is 474 g/mol. The van der Waals surface area contributed by atoms with Gasteiger partial charge in [-0.1, -0.05) is 12.1 Å². The fourth-order valence-corrected chi connectivity index (χ4v) is 4.54. The van der Waals surface area contributed by atoms with Gasteiger partial charge in [0.25, 0.3) is 0 Å². The lowest BCUT2D eigenvalue weighted by atomic mass is 10.2. The zero-order chi connectivity index (χ0) is 19.9. The van der Waals surface area contributed by atoms with Gasteiger partial charge in [0.05, 0.1) is 10.3 Å². The Balaban J connectivity index is 1.35. The van der Waals surface area contributed by atoms with Crippen molar-refractivity contribution in [2.75, 3.05) is 32.7 Å². The summed E-state index contributed by atoms with van der Waals surface area (Å²) in [7, 11) is 0. The molecule has 1 aromatic heterocycles. The molecule has 0 atom stereocenters. The Morgan fingerprint density at radius 1 is 1.11 bits per heavy atom. The van der Waals surface area contributed by atoms with Crippen LogP contribution in [-0.2, 0) is 17.9 Å². The maximum atomic E-state index is 12.2. The Kier molecular flexibility index (Phi) is 7.78. The molecule has 0 aliphatic carbocycles. The summed E-state index contributed by atoms with van der Waals surface area (Å²) in [5, 5.41) is 2.87. The van der Waals surface area contributed by atoms with Gasteiger partial charge in [-0.05, 0) is 45.8 Å². The van der Waals surface area contributed by atoms with Crippen molar-refractivity contribution in [3.8, 4) is 5.75 Å². The summed E-state index contributed by atoms with van der Waals surface area (Å²) in [5.74, 6) is 0.0707. The van der Waals surface area contributed by atoms with Gasteiger partial charge in [0.15, 0.2) is 0 Å². The van der Waals surface area contributed by atoms with Gasteiger partial charge in [0.1, 0.15) is 5.75 Å². The number of alkyl halides is 2. The first kappa shape index (κ1) is 21.2. The predicted molar refractivity (Wildman–Crippen MR) is 109 cm³/mol. The van der Waals surface area contributed by atoms with Crippen molar-refractivity contribution in [3.63, 3.8) is 0 Å². The highest BCUT2D eigenvalue weighted by molar-refractivity contribution is 9.11. The van der Waals surface area contributed by atoms with Gasteiger partial charge in [-0.25, -0.2) is 0 Å². The smallest absolute Gasteiger partial charge is 0.387 e. The molecular formula is C19H22BrF2N3O2S. The van der Waals surface area contributed by atoms with Crippen molar-refractivity contribution in [2.24, 2.45) is 0 Å². The SMILES string of the molecule is O=C(CN1CCN(Cc2ccc(Br)s2)CC1)NCc1ccc(OC(F)F)cc1. The third kappa shape index (κ3) is 6.80. The molecule has 1 aliphatic heterocycles. The fourth-order valence-electron chi connectivity index (χ4n) is 3.01. The number of nitrogens with zero attached hydrogens (tertiary/aromatic N) is 2. The molecule has 2 aromatic rings. The summed E-state index contributed by atoms with van der Waals surface area (Å²) >= 11 is 5.24. The molecule has 0 saturated carbocycles. The maximum Gasteiger partial charge on any atom is 0.387 e. The highest BCUT2D eigenvalue weighted by Gasteiger charge is 2.19. The molecule has 2 heterocycles. The van der Waals surface area contributed by atoms with E-state index in [-0.39, 0.29) is 11.7 Å². The lowest BCUT2D eigenvalue weighted by molar-refractivity contribution is -0.122. The van der Waals surface area contributed by atoms with Crippen LogP contribution in [0.15, 0.2) is 40.2 Å². The molecule has 5 nitrogen and oxygen atoms in total. The van der Waals surface area contributed by atoms with Gasteiger partial charge in [0, 0.05) is 44.1 Å². The quantitative estimate of drug-likeness (QED) is 0.636. The second-order valence-corrected chi connectivity index (χ2v) is 9.10. The number of nitrogens with one attached hydrogen (secondary N) is 1. The van der Waals surface area contributed by atoms with Crippen molar-refractivity contribution < 1.29 is 18.3 Å². The van der Waals surface area contributed by atoms with Crippen LogP contribution in [0.1, 0.15) is 10.4 Å². The number of ether oxygens (including phenoxy) is 1. The molecule has 1 N–H and O–H groups in total. The molecule has 1 aromatic carbocycles. The number of rotatable bonds is 8. The van der Waals surface area contributed by atoms with Crippen LogP contribution in [-0.4, -0.2) is 55.0 Å². The first-order valence-corrected chi connectivity index (χ1v) is 10.6. The van der Waals surface area contributed by atoms with Gasteiger partial charge < -0.3 is 10.1 Å². The number of hydrogen-bond donors (Lipinski definition) is 1. The third-order valence-corrected chi connectivity index (χ3v) is 6.09. The minimum absolute atomic E-state index is 0.0384. The summed E-state index contributed by atoms with van der Waals surface area (Å²) < 4.78 is 29.7. The number of piperazine rings is 1. The van der Waals surface area contributed by atoms with E-state index < -0.39 is 6.61 Å². The summed E-state index contributed by atoms with van der Waals surface area (Å²) in [4.78, 5) is 18.1. The molecule has 1 saturated heterocycles. The molecule has 0 bridgehead atoms. The van der Waals surface area contributed by atoms with E-state index in [0.29, 0.717) is 13.1 Å². The molecule has 1 fully saturated rings. The van der Waals surface area contributed by atoms with Crippen LogP contribution in [0.4, 0.5) is 8.78 Å². The highest BCUT2D eigenvalue weighted by atomic mass is 79.9. The van der Waals surface area contributed by atoms with Crippen LogP contribution in [0.5, 0.6) is 5.75 Å². The zero-order valence-corrected chi connectivity index (χ0v) is 17.6. The van der Waals surface area contributed by atoms with Crippen molar-refractivity contribution in [1.29, 1.82) is 0 Å². The second kappa shape index (κ2) is 10.3. The standard InChI is InChI=1S/C19H22BrF2N3O2S/c20-17-6-5-16(28-17)12-24-7-9-25(10-8-24)13-18(26)23-11-14-1-3-15(4-2-14)27-19(21)22/h1-6,19H,7-13H2,(H,23,26). The van der Waals surface area contributed by atoms with Gasteiger partial charge in [0.2, 0.25) is 5.91 Å². The van der Waals surface area contributed by atoms with Gasteiger partial charge in [-0.2, -0.15) is 8.78 Å². The number of thiophene rings is 1. The number of carbonyl (C=O) groups is 1. The Labute approximate surface area is 175 Å². The minimum atomic E-state index is -2.83. The van der Waals surface area contributed by atoms with E-state index in [1.807, 2.05) is 0 Å².